The second kappa shape index (κ2) is 6.09. The molecule has 104 valence electrons. The van der Waals surface area contributed by atoms with E-state index >= 15 is 0 Å². The van der Waals surface area contributed by atoms with E-state index in [1.54, 1.807) is 26.4 Å². The van der Waals surface area contributed by atoms with Crippen molar-refractivity contribution in [2.24, 2.45) is 11.8 Å². The molecule has 0 N–H and O–H groups in total. The fourth-order valence-corrected chi connectivity index (χ4v) is 2.91. The van der Waals surface area contributed by atoms with Gasteiger partial charge in [-0.15, -0.1) is 0 Å². The maximum atomic E-state index is 12.6. The first-order chi connectivity index (χ1) is 9.19. The topological polar surface area (TPSA) is 35.5 Å². The Labute approximate surface area is 114 Å². The summed E-state index contributed by atoms with van der Waals surface area (Å²) in [5, 5.41) is 0. The zero-order chi connectivity index (χ0) is 13.8. The maximum Gasteiger partial charge on any atom is 0.169 e. The van der Waals surface area contributed by atoms with Gasteiger partial charge in [0.05, 0.1) is 19.8 Å². The van der Waals surface area contributed by atoms with E-state index in [0.29, 0.717) is 23.0 Å². The van der Waals surface area contributed by atoms with Gasteiger partial charge >= 0.3 is 0 Å². The molecule has 0 radical (unpaired) electrons. The van der Waals surface area contributed by atoms with Crippen LogP contribution in [0.2, 0.25) is 0 Å². The third-order valence-electron chi connectivity index (χ3n) is 4.16. The van der Waals surface area contributed by atoms with Crippen LogP contribution in [0, 0.1) is 11.8 Å². The fourth-order valence-electron chi connectivity index (χ4n) is 2.91. The number of carbonyl (C=O) groups is 1. The van der Waals surface area contributed by atoms with Crippen LogP contribution in [-0.2, 0) is 0 Å². The molecule has 1 aliphatic carbocycles. The van der Waals surface area contributed by atoms with Gasteiger partial charge in [-0.1, -0.05) is 13.3 Å². The summed E-state index contributed by atoms with van der Waals surface area (Å²) >= 11 is 0. The second-order valence-corrected chi connectivity index (χ2v) is 5.21. The summed E-state index contributed by atoms with van der Waals surface area (Å²) in [6.07, 6.45) is 4.34. The van der Waals surface area contributed by atoms with Crippen molar-refractivity contribution in [2.45, 2.75) is 32.6 Å². The highest BCUT2D eigenvalue weighted by Crippen LogP contribution is 2.37. The fraction of sp³-hybridized carbons (Fsp3) is 0.562. The molecule has 1 aromatic carbocycles. The van der Waals surface area contributed by atoms with Crippen LogP contribution < -0.4 is 9.47 Å². The number of hydrogen-bond donors (Lipinski definition) is 0. The monoisotopic (exact) mass is 262 g/mol. The Hall–Kier alpha value is -1.51. The van der Waals surface area contributed by atoms with Crippen molar-refractivity contribution in [1.82, 2.24) is 0 Å². The molecule has 3 nitrogen and oxygen atoms in total. The standard InChI is InChI=1S/C16H22O3/c1-4-11-5-6-12(9-11)16(17)14-10-13(18-2)7-8-15(14)19-3/h7-8,10-12H,4-6,9H2,1-3H3. The molecule has 2 rings (SSSR count). The number of carbonyl (C=O) groups excluding carboxylic acids is 1. The Balaban J connectivity index is 2.22. The van der Waals surface area contributed by atoms with Gasteiger partial charge in [-0.3, -0.25) is 4.79 Å². The van der Waals surface area contributed by atoms with Crippen molar-refractivity contribution in [2.75, 3.05) is 14.2 Å². The lowest BCUT2D eigenvalue weighted by atomic mass is 9.94. The normalized spacial score (nSPS) is 22.3. The van der Waals surface area contributed by atoms with Gasteiger partial charge in [-0.25, -0.2) is 0 Å². The van der Waals surface area contributed by atoms with Gasteiger partial charge in [0.2, 0.25) is 0 Å². The molecular formula is C16H22O3. The second-order valence-electron chi connectivity index (χ2n) is 5.21. The van der Waals surface area contributed by atoms with Gasteiger partial charge in [-0.05, 0) is 43.4 Å². The number of hydrogen-bond acceptors (Lipinski definition) is 3. The van der Waals surface area contributed by atoms with E-state index in [-0.39, 0.29) is 11.7 Å². The van der Waals surface area contributed by atoms with Gasteiger partial charge < -0.3 is 9.47 Å². The van der Waals surface area contributed by atoms with Crippen LogP contribution in [0.5, 0.6) is 11.5 Å². The Morgan fingerprint density at radius 3 is 2.63 bits per heavy atom. The van der Waals surface area contributed by atoms with Crippen molar-refractivity contribution in [3.05, 3.63) is 23.8 Å². The average Bonchev–Trinajstić information content (AvgIpc) is 2.94. The summed E-state index contributed by atoms with van der Waals surface area (Å²) in [5.41, 5.74) is 0.656. The lowest BCUT2D eigenvalue weighted by Gasteiger charge is -2.13. The smallest absolute Gasteiger partial charge is 0.169 e. The van der Waals surface area contributed by atoms with Crippen LogP contribution in [0.1, 0.15) is 43.0 Å². The van der Waals surface area contributed by atoms with E-state index in [2.05, 4.69) is 6.92 Å². The van der Waals surface area contributed by atoms with E-state index in [4.69, 9.17) is 9.47 Å². The van der Waals surface area contributed by atoms with Crippen LogP contribution in [-0.4, -0.2) is 20.0 Å². The first kappa shape index (κ1) is 13.9. The van der Waals surface area contributed by atoms with Crippen molar-refractivity contribution in [1.29, 1.82) is 0 Å². The van der Waals surface area contributed by atoms with E-state index in [0.717, 1.165) is 12.8 Å². The number of methoxy groups -OCH3 is 2. The molecule has 0 aromatic heterocycles. The first-order valence-electron chi connectivity index (χ1n) is 6.95. The Morgan fingerprint density at radius 1 is 1.26 bits per heavy atom. The average molecular weight is 262 g/mol. The number of benzene rings is 1. The molecule has 1 fully saturated rings. The molecular weight excluding hydrogens is 240 g/mol. The van der Waals surface area contributed by atoms with Gasteiger partial charge in [0, 0.05) is 5.92 Å². The zero-order valence-electron chi connectivity index (χ0n) is 11.9. The maximum absolute atomic E-state index is 12.6. The van der Waals surface area contributed by atoms with Crippen LogP contribution in [0.25, 0.3) is 0 Å². The lowest BCUT2D eigenvalue weighted by Crippen LogP contribution is -2.13. The minimum atomic E-state index is 0.144. The predicted octanol–water partition coefficient (Wildman–Crippen LogP) is 3.71. The van der Waals surface area contributed by atoms with Gasteiger partial charge in [-0.2, -0.15) is 0 Å². The van der Waals surface area contributed by atoms with Crippen LogP contribution in [0.15, 0.2) is 18.2 Å². The minimum Gasteiger partial charge on any atom is -0.497 e. The number of ether oxygens (including phenoxy) is 2. The SMILES string of the molecule is CCC1CCC(C(=O)c2cc(OC)ccc2OC)C1. The van der Waals surface area contributed by atoms with E-state index < -0.39 is 0 Å². The third kappa shape index (κ3) is 2.91. The summed E-state index contributed by atoms with van der Waals surface area (Å²) in [4.78, 5) is 12.6. The summed E-state index contributed by atoms with van der Waals surface area (Å²) in [7, 11) is 3.21. The first-order valence-corrected chi connectivity index (χ1v) is 6.95. The molecule has 2 unspecified atom stereocenters. The Bertz CT molecular complexity index is 453. The van der Waals surface area contributed by atoms with Crippen LogP contribution in [0.3, 0.4) is 0 Å². The number of Topliss-reactive ketones (excluding diaryl/α,β-unsaturated/α-hetero) is 1. The molecule has 1 saturated carbocycles. The quantitative estimate of drug-likeness (QED) is 0.759. The van der Waals surface area contributed by atoms with Crippen LogP contribution in [0.4, 0.5) is 0 Å². The molecule has 19 heavy (non-hydrogen) atoms. The van der Waals surface area contributed by atoms with Crippen LogP contribution >= 0.6 is 0 Å². The van der Waals surface area contributed by atoms with Crippen molar-refractivity contribution < 1.29 is 14.3 Å². The molecule has 0 saturated heterocycles. The minimum absolute atomic E-state index is 0.144. The molecule has 0 aliphatic heterocycles. The lowest BCUT2D eigenvalue weighted by molar-refractivity contribution is 0.0916. The van der Waals surface area contributed by atoms with Crippen molar-refractivity contribution >= 4 is 5.78 Å². The van der Waals surface area contributed by atoms with Gasteiger partial charge in [0.15, 0.2) is 5.78 Å². The molecule has 1 aromatic rings. The van der Waals surface area contributed by atoms with E-state index in [1.165, 1.54) is 12.8 Å². The van der Waals surface area contributed by atoms with Gasteiger partial charge in [0.25, 0.3) is 0 Å². The summed E-state index contributed by atoms with van der Waals surface area (Å²) < 4.78 is 10.5. The number of rotatable bonds is 5. The summed E-state index contributed by atoms with van der Waals surface area (Å²) in [6.45, 7) is 2.20. The highest BCUT2D eigenvalue weighted by molar-refractivity contribution is 6.00. The van der Waals surface area contributed by atoms with E-state index in [1.807, 2.05) is 6.07 Å². The van der Waals surface area contributed by atoms with Crippen molar-refractivity contribution in [3.63, 3.8) is 0 Å². The highest BCUT2D eigenvalue weighted by atomic mass is 16.5. The molecule has 1 aliphatic rings. The zero-order valence-corrected chi connectivity index (χ0v) is 11.9. The largest absolute Gasteiger partial charge is 0.497 e. The van der Waals surface area contributed by atoms with E-state index in [9.17, 15) is 4.79 Å². The number of ketones is 1. The van der Waals surface area contributed by atoms with Crippen molar-refractivity contribution in [3.8, 4) is 11.5 Å². The van der Waals surface area contributed by atoms with Gasteiger partial charge in [0.1, 0.15) is 11.5 Å². The molecule has 0 heterocycles. The Kier molecular flexibility index (Phi) is 4.46. The molecule has 0 bridgehead atoms. The summed E-state index contributed by atoms with van der Waals surface area (Å²) in [5.74, 6) is 2.39. The molecule has 0 spiro atoms. The summed E-state index contributed by atoms with van der Waals surface area (Å²) in [6, 6.07) is 5.41. The highest BCUT2D eigenvalue weighted by Gasteiger charge is 2.31. The Morgan fingerprint density at radius 2 is 2.05 bits per heavy atom. The molecule has 2 atom stereocenters. The molecule has 0 amide bonds. The predicted molar refractivity (Wildman–Crippen MR) is 75.0 cm³/mol. The molecule has 3 heteroatoms. The third-order valence-corrected chi connectivity index (χ3v) is 4.16.